The molecule has 4 nitrogen and oxygen atoms in total. The molecule has 1 aliphatic carbocycles. The van der Waals surface area contributed by atoms with Crippen molar-refractivity contribution in [2.24, 2.45) is 16.7 Å². The largest absolute Gasteiger partial charge is 0.465 e. The molecular formula is C14H26O4. The molecule has 0 aromatic carbocycles. The zero-order valence-corrected chi connectivity index (χ0v) is 11.7. The van der Waals surface area contributed by atoms with Gasteiger partial charge in [0.2, 0.25) is 0 Å². The predicted octanol–water partition coefficient (Wildman–Crippen LogP) is 1.74. The summed E-state index contributed by atoms with van der Waals surface area (Å²) in [5.74, 6) is -0.293. The lowest BCUT2D eigenvalue weighted by molar-refractivity contribution is -0.154. The molecule has 0 aliphatic heterocycles. The molecule has 0 amide bonds. The number of ether oxygens (including phenoxy) is 1. The average Bonchev–Trinajstić information content (AvgIpc) is 2.57. The van der Waals surface area contributed by atoms with Crippen LogP contribution < -0.4 is 0 Å². The molecule has 0 spiro atoms. The van der Waals surface area contributed by atoms with E-state index < -0.39 is 0 Å². The lowest BCUT2D eigenvalue weighted by atomic mass is 9.66. The number of aliphatic hydroxyl groups excluding tert-OH is 2. The highest BCUT2D eigenvalue weighted by atomic mass is 16.5. The summed E-state index contributed by atoms with van der Waals surface area (Å²) in [5.41, 5.74) is -0.447. The van der Waals surface area contributed by atoms with Gasteiger partial charge in [0, 0.05) is 13.2 Å². The number of unbranched alkanes of at least 4 members (excludes halogenated alkanes) is 1. The molecule has 0 heterocycles. The van der Waals surface area contributed by atoms with Crippen molar-refractivity contribution < 1.29 is 19.7 Å². The van der Waals surface area contributed by atoms with Gasteiger partial charge in [0.25, 0.3) is 0 Å². The third-order valence-electron chi connectivity index (χ3n) is 4.84. The first-order valence-electron chi connectivity index (χ1n) is 6.77. The molecule has 0 aromatic heterocycles. The van der Waals surface area contributed by atoms with Crippen molar-refractivity contribution in [1.29, 1.82) is 0 Å². The van der Waals surface area contributed by atoms with Gasteiger partial charge in [-0.05, 0) is 36.5 Å². The highest BCUT2D eigenvalue weighted by molar-refractivity contribution is 5.74. The smallest absolute Gasteiger partial charge is 0.309 e. The average molecular weight is 258 g/mol. The minimum absolute atomic E-state index is 0.105. The molecular weight excluding hydrogens is 232 g/mol. The predicted molar refractivity (Wildman–Crippen MR) is 69.0 cm³/mol. The van der Waals surface area contributed by atoms with E-state index in [2.05, 4.69) is 0 Å². The fourth-order valence-corrected chi connectivity index (χ4v) is 2.75. The number of esters is 1. The fraction of sp³-hybridized carbons (Fsp3) is 0.929. The highest BCUT2D eigenvalue weighted by Gasteiger charge is 2.54. The Morgan fingerprint density at radius 1 is 1.28 bits per heavy atom. The van der Waals surface area contributed by atoms with E-state index in [0.717, 1.165) is 12.8 Å². The summed E-state index contributed by atoms with van der Waals surface area (Å²) in [6.07, 6.45) is 3.00. The van der Waals surface area contributed by atoms with Gasteiger partial charge >= 0.3 is 5.97 Å². The maximum Gasteiger partial charge on any atom is 0.309 e. The van der Waals surface area contributed by atoms with Crippen LogP contribution in [0.2, 0.25) is 0 Å². The third-order valence-corrected chi connectivity index (χ3v) is 4.84. The van der Waals surface area contributed by atoms with E-state index in [1.54, 1.807) is 0 Å². The van der Waals surface area contributed by atoms with Gasteiger partial charge in [0.05, 0.1) is 12.5 Å². The first-order valence-corrected chi connectivity index (χ1v) is 6.77. The molecule has 0 bridgehead atoms. The van der Waals surface area contributed by atoms with Gasteiger partial charge in [-0.1, -0.05) is 20.8 Å². The van der Waals surface area contributed by atoms with Crippen LogP contribution in [-0.4, -0.2) is 36.0 Å². The molecule has 106 valence electrons. The maximum absolute atomic E-state index is 12.1. The minimum Gasteiger partial charge on any atom is -0.465 e. The molecule has 0 aromatic rings. The van der Waals surface area contributed by atoms with Gasteiger partial charge in [0.15, 0.2) is 0 Å². The standard InChI is InChI=1S/C14H26O4/c1-13(2)11(6-7-14(13,3)10-16)12(17)18-9-5-4-8-15/h11,15-16H,4-10H2,1-3H3. The Bertz CT molecular complexity index is 288. The molecule has 2 atom stereocenters. The number of rotatable bonds is 6. The molecule has 2 unspecified atom stereocenters. The van der Waals surface area contributed by atoms with Gasteiger partial charge in [-0.15, -0.1) is 0 Å². The summed E-state index contributed by atoms with van der Waals surface area (Å²) in [6.45, 7) is 6.73. The van der Waals surface area contributed by atoms with E-state index in [4.69, 9.17) is 9.84 Å². The van der Waals surface area contributed by atoms with Crippen molar-refractivity contribution in [2.75, 3.05) is 19.8 Å². The molecule has 1 aliphatic rings. The number of aliphatic hydroxyl groups is 2. The van der Waals surface area contributed by atoms with Gasteiger partial charge in [-0.2, -0.15) is 0 Å². The summed E-state index contributed by atoms with van der Waals surface area (Å²) in [4.78, 5) is 12.1. The van der Waals surface area contributed by atoms with Crippen molar-refractivity contribution in [3.05, 3.63) is 0 Å². The fourth-order valence-electron chi connectivity index (χ4n) is 2.75. The van der Waals surface area contributed by atoms with E-state index in [-0.39, 0.29) is 35.9 Å². The van der Waals surface area contributed by atoms with Gasteiger partial charge < -0.3 is 14.9 Å². The quantitative estimate of drug-likeness (QED) is 0.562. The van der Waals surface area contributed by atoms with Crippen LogP contribution in [-0.2, 0) is 9.53 Å². The third kappa shape index (κ3) is 2.86. The SMILES string of the molecule is CC1(CO)CCC(C(=O)OCCCCO)C1(C)C. The molecule has 2 N–H and O–H groups in total. The van der Waals surface area contributed by atoms with Gasteiger partial charge in [-0.3, -0.25) is 4.79 Å². The highest BCUT2D eigenvalue weighted by Crippen LogP contribution is 2.55. The van der Waals surface area contributed by atoms with E-state index in [1.165, 1.54) is 0 Å². The second-order valence-corrected chi connectivity index (χ2v) is 6.13. The Hall–Kier alpha value is -0.610. The normalized spacial score (nSPS) is 30.4. The maximum atomic E-state index is 12.1. The van der Waals surface area contributed by atoms with E-state index >= 15 is 0 Å². The van der Waals surface area contributed by atoms with Crippen LogP contribution in [0.4, 0.5) is 0 Å². The number of hydrogen-bond donors (Lipinski definition) is 2. The minimum atomic E-state index is -0.240. The number of carbonyl (C=O) groups is 1. The molecule has 0 saturated heterocycles. The zero-order chi connectivity index (χ0) is 13.8. The second-order valence-electron chi connectivity index (χ2n) is 6.13. The lowest BCUT2D eigenvalue weighted by Gasteiger charge is -2.39. The van der Waals surface area contributed by atoms with Crippen molar-refractivity contribution in [3.8, 4) is 0 Å². The second kappa shape index (κ2) is 6.02. The zero-order valence-electron chi connectivity index (χ0n) is 11.7. The molecule has 0 radical (unpaired) electrons. The Kier molecular flexibility index (Phi) is 5.17. The van der Waals surface area contributed by atoms with Crippen LogP contribution in [0.3, 0.4) is 0 Å². The summed E-state index contributed by atoms with van der Waals surface area (Å²) in [7, 11) is 0. The van der Waals surface area contributed by atoms with Crippen LogP contribution in [0.1, 0.15) is 46.5 Å². The van der Waals surface area contributed by atoms with Crippen LogP contribution in [0, 0.1) is 16.7 Å². The van der Waals surface area contributed by atoms with Crippen LogP contribution in [0.5, 0.6) is 0 Å². The van der Waals surface area contributed by atoms with Crippen LogP contribution in [0.15, 0.2) is 0 Å². The summed E-state index contributed by atoms with van der Waals surface area (Å²) in [6, 6.07) is 0. The molecule has 1 saturated carbocycles. The number of carbonyl (C=O) groups excluding carboxylic acids is 1. The Balaban J connectivity index is 2.54. The van der Waals surface area contributed by atoms with Gasteiger partial charge in [0.1, 0.15) is 0 Å². The summed E-state index contributed by atoms with van der Waals surface area (Å²) >= 11 is 0. The monoisotopic (exact) mass is 258 g/mol. The van der Waals surface area contributed by atoms with E-state index in [9.17, 15) is 9.90 Å². The van der Waals surface area contributed by atoms with Crippen molar-refractivity contribution in [2.45, 2.75) is 46.5 Å². The topological polar surface area (TPSA) is 66.8 Å². The van der Waals surface area contributed by atoms with Crippen molar-refractivity contribution >= 4 is 5.97 Å². The van der Waals surface area contributed by atoms with E-state index in [0.29, 0.717) is 19.4 Å². The number of hydrogen-bond acceptors (Lipinski definition) is 4. The Morgan fingerprint density at radius 2 is 1.94 bits per heavy atom. The Morgan fingerprint density at radius 3 is 2.44 bits per heavy atom. The van der Waals surface area contributed by atoms with E-state index in [1.807, 2.05) is 20.8 Å². The Labute approximate surface area is 109 Å². The molecule has 1 rings (SSSR count). The van der Waals surface area contributed by atoms with Crippen molar-refractivity contribution in [3.63, 3.8) is 0 Å². The van der Waals surface area contributed by atoms with Gasteiger partial charge in [-0.25, -0.2) is 0 Å². The van der Waals surface area contributed by atoms with Crippen LogP contribution >= 0.6 is 0 Å². The lowest BCUT2D eigenvalue weighted by Crippen LogP contribution is -2.40. The first kappa shape index (κ1) is 15.4. The molecule has 1 fully saturated rings. The summed E-state index contributed by atoms with van der Waals surface area (Å²) in [5, 5.41) is 18.2. The van der Waals surface area contributed by atoms with Crippen molar-refractivity contribution in [1.82, 2.24) is 0 Å². The molecule has 4 heteroatoms. The summed E-state index contributed by atoms with van der Waals surface area (Å²) < 4.78 is 5.27. The van der Waals surface area contributed by atoms with Crippen LogP contribution in [0.25, 0.3) is 0 Å². The molecule has 18 heavy (non-hydrogen) atoms. The first-order chi connectivity index (χ1) is 8.39.